The van der Waals surface area contributed by atoms with Crippen LogP contribution in [0.25, 0.3) is 11.4 Å². The summed E-state index contributed by atoms with van der Waals surface area (Å²) in [4.78, 5) is 6.89. The predicted molar refractivity (Wildman–Crippen MR) is 87.9 cm³/mol. The zero-order chi connectivity index (χ0) is 16.1. The molecule has 6 heteroatoms. The van der Waals surface area contributed by atoms with Gasteiger partial charge in [0.25, 0.3) is 0 Å². The molecular weight excluding hydrogens is 317 g/mol. The molecule has 0 unspecified atom stereocenters. The van der Waals surface area contributed by atoms with Gasteiger partial charge in [0.2, 0.25) is 11.7 Å². The average molecular weight is 338 g/mol. The van der Waals surface area contributed by atoms with Crippen molar-refractivity contribution >= 4 is 11.6 Å². The van der Waals surface area contributed by atoms with Gasteiger partial charge in [-0.25, -0.2) is 4.39 Å². The van der Waals surface area contributed by atoms with Crippen molar-refractivity contribution in [2.45, 2.75) is 38.5 Å². The highest BCUT2D eigenvalue weighted by Crippen LogP contribution is 2.23. The van der Waals surface area contributed by atoms with E-state index in [9.17, 15) is 4.39 Å². The lowest BCUT2D eigenvalue weighted by Gasteiger charge is -2.26. The van der Waals surface area contributed by atoms with E-state index in [0.717, 1.165) is 25.8 Å². The number of hydrogen-bond donors (Lipinski definition) is 0. The van der Waals surface area contributed by atoms with Crippen LogP contribution in [0, 0.1) is 5.82 Å². The van der Waals surface area contributed by atoms with Crippen LogP contribution >= 0.6 is 11.6 Å². The third-order valence-corrected chi connectivity index (χ3v) is 4.50. The fraction of sp³-hybridized carbons (Fsp3) is 0.529. The van der Waals surface area contributed by atoms with E-state index >= 15 is 0 Å². The molecule has 0 saturated carbocycles. The van der Waals surface area contributed by atoms with E-state index in [1.807, 2.05) is 0 Å². The molecule has 3 rings (SSSR count). The second kappa shape index (κ2) is 7.88. The van der Waals surface area contributed by atoms with Gasteiger partial charge in [-0.1, -0.05) is 23.2 Å². The van der Waals surface area contributed by atoms with Gasteiger partial charge in [-0.2, -0.15) is 4.98 Å². The Kier molecular flexibility index (Phi) is 5.62. The number of nitrogens with zero attached hydrogens (tertiary/aromatic N) is 3. The molecule has 1 aromatic carbocycles. The molecule has 1 fully saturated rings. The summed E-state index contributed by atoms with van der Waals surface area (Å²) in [5, 5.41) is 4.01. The molecule has 1 aromatic heterocycles. The molecule has 2 heterocycles. The highest BCUT2D eigenvalue weighted by atomic mass is 35.5. The third-order valence-electron chi connectivity index (χ3n) is 4.21. The Hall–Kier alpha value is -1.46. The van der Waals surface area contributed by atoms with E-state index in [2.05, 4.69) is 15.0 Å². The maximum atomic E-state index is 13.2. The zero-order valence-electron chi connectivity index (χ0n) is 13.1. The number of aromatic nitrogens is 2. The van der Waals surface area contributed by atoms with E-state index in [1.165, 1.54) is 44.5 Å². The number of hydrogen-bond acceptors (Lipinski definition) is 4. The van der Waals surface area contributed by atoms with Crippen LogP contribution in [0.3, 0.4) is 0 Å². The lowest BCUT2D eigenvalue weighted by atomic mass is 10.1. The Morgan fingerprint density at radius 2 is 2.00 bits per heavy atom. The van der Waals surface area contributed by atoms with Gasteiger partial charge in [0.15, 0.2) is 0 Å². The molecule has 1 aliphatic rings. The molecule has 1 saturated heterocycles. The molecule has 0 N–H and O–H groups in total. The molecule has 2 aromatic rings. The maximum Gasteiger partial charge on any atom is 0.226 e. The van der Waals surface area contributed by atoms with Crippen molar-refractivity contribution < 1.29 is 8.91 Å². The van der Waals surface area contributed by atoms with Crippen LogP contribution in [-0.4, -0.2) is 34.7 Å². The molecule has 1 aliphatic heterocycles. The van der Waals surface area contributed by atoms with Crippen LogP contribution in [0.4, 0.5) is 4.39 Å². The van der Waals surface area contributed by atoms with Crippen molar-refractivity contribution in [3.05, 3.63) is 34.9 Å². The summed E-state index contributed by atoms with van der Waals surface area (Å²) in [7, 11) is 0. The first-order chi connectivity index (χ1) is 11.2. The SMILES string of the molecule is Fc1ccc(-c2noc(CCCCN3CCCCC3)n2)cc1Cl. The monoisotopic (exact) mass is 337 g/mol. The van der Waals surface area contributed by atoms with E-state index in [0.29, 0.717) is 17.3 Å². The lowest BCUT2D eigenvalue weighted by Crippen LogP contribution is -2.30. The van der Waals surface area contributed by atoms with E-state index in [4.69, 9.17) is 16.1 Å². The Balaban J connectivity index is 1.48. The topological polar surface area (TPSA) is 42.2 Å². The van der Waals surface area contributed by atoms with Gasteiger partial charge < -0.3 is 9.42 Å². The van der Waals surface area contributed by atoms with Gasteiger partial charge in [0.05, 0.1) is 5.02 Å². The smallest absolute Gasteiger partial charge is 0.226 e. The molecule has 0 atom stereocenters. The van der Waals surface area contributed by atoms with Crippen LogP contribution in [-0.2, 0) is 6.42 Å². The molecule has 0 spiro atoms. The first-order valence-electron chi connectivity index (χ1n) is 8.23. The van der Waals surface area contributed by atoms with Gasteiger partial charge >= 0.3 is 0 Å². The fourth-order valence-corrected chi connectivity index (χ4v) is 3.08. The second-order valence-corrected chi connectivity index (χ2v) is 6.41. The standard InChI is InChI=1S/C17H21ClFN3O/c18-14-12-13(7-8-15(14)19)17-20-16(23-21-17)6-2-5-11-22-9-3-1-4-10-22/h7-8,12H,1-6,9-11H2. The number of likely N-dealkylation sites (tertiary alicyclic amines) is 1. The first kappa shape index (κ1) is 16.4. The largest absolute Gasteiger partial charge is 0.339 e. The van der Waals surface area contributed by atoms with E-state index in [1.54, 1.807) is 6.07 Å². The van der Waals surface area contributed by atoms with Crippen molar-refractivity contribution in [1.82, 2.24) is 15.0 Å². The minimum atomic E-state index is -0.447. The highest BCUT2D eigenvalue weighted by molar-refractivity contribution is 6.31. The number of rotatable bonds is 6. The summed E-state index contributed by atoms with van der Waals surface area (Å²) in [6.45, 7) is 3.61. The number of benzene rings is 1. The summed E-state index contributed by atoms with van der Waals surface area (Å²) < 4.78 is 18.4. The van der Waals surface area contributed by atoms with Gasteiger partial charge in [0.1, 0.15) is 5.82 Å². The van der Waals surface area contributed by atoms with E-state index < -0.39 is 5.82 Å². The third kappa shape index (κ3) is 4.52. The Labute approximate surface area is 140 Å². The normalized spacial score (nSPS) is 15.9. The summed E-state index contributed by atoms with van der Waals surface area (Å²) in [6.07, 6.45) is 6.97. The predicted octanol–water partition coefficient (Wildman–Crippen LogP) is 4.34. The molecule has 0 aliphatic carbocycles. The van der Waals surface area contributed by atoms with Crippen molar-refractivity contribution in [2.24, 2.45) is 0 Å². The molecule has 0 radical (unpaired) electrons. The summed E-state index contributed by atoms with van der Waals surface area (Å²) in [5.74, 6) is 0.633. The van der Waals surface area contributed by atoms with Crippen LogP contribution in [0.1, 0.15) is 38.0 Å². The van der Waals surface area contributed by atoms with Gasteiger partial charge in [-0.3, -0.25) is 0 Å². The second-order valence-electron chi connectivity index (χ2n) is 6.00. The summed E-state index contributed by atoms with van der Waals surface area (Å²) in [6, 6.07) is 4.43. The Morgan fingerprint density at radius 1 is 1.17 bits per heavy atom. The molecule has 124 valence electrons. The average Bonchev–Trinajstić information content (AvgIpc) is 3.04. The molecule has 4 nitrogen and oxygen atoms in total. The van der Waals surface area contributed by atoms with Crippen molar-refractivity contribution in [1.29, 1.82) is 0 Å². The molecule has 0 bridgehead atoms. The van der Waals surface area contributed by atoms with Crippen LogP contribution in [0.2, 0.25) is 5.02 Å². The van der Waals surface area contributed by atoms with Crippen LogP contribution < -0.4 is 0 Å². The number of aryl methyl sites for hydroxylation is 1. The summed E-state index contributed by atoms with van der Waals surface area (Å²) in [5.41, 5.74) is 0.666. The zero-order valence-corrected chi connectivity index (χ0v) is 13.9. The van der Waals surface area contributed by atoms with Gasteiger partial charge in [-0.05, 0) is 63.5 Å². The minimum Gasteiger partial charge on any atom is -0.339 e. The number of unbranched alkanes of at least 4 members (excludes halogenated alkanes) is 1. The van der Waals surface area contributed by atoms with Crippen molar-refractivity contribution in [3.63, 3.8) is 0 Å². The quantitative estimate of drug-likeness (QED) is 0.735. The Morgan fingerprint density at radius 3 is 2.78 bits per heavy atom. The van der Waals surface area contributed by atoms with Gasteiger partial charge in [0, 0.05) is 12.0 Å². The fourth-order valence-electron chi connectivity index (χ4n) is 2.90. The van der Waals surface area contributed by atoms with Gasteiger partial charge in [-0.15, -0.1) is 0 Å². The van der Waals surface area contributed by atoms with Crippen molar-refractivity contribution in [3.8, 4) is 11.4 Å². The lowest BCUT2D eigenvalue weighted by molar-refractivity contribution is 0.224. The minimum absolute atomic E-state index is 0.0652. The van der Waals surface area contributed by atoms with Crippen LogP contribution in [0.15, 0.2) is 22.7 Å². The van der Waals surface area contributed by atoms with Crippen LogP contribution in [0.5, 0.6) is 0 Å². The number of piperidine rings is 1. The molecule has 23 heavy (non-hydrogen) atoms. The maximum absolute atomic E-state index is 13.2. The first-order valence-corrected chi connectivity index (χ1v) is 8.60. The summed E-state index contributed by atoms with van der Waals surface area (Å²) >= 11 is 5.78. The Bertz CT molecular complexity index is 641. The molecular formula is C17H21ClFN3O. The van der Waals surface area contributed by atoms with Crippen molar-refractivity contribution in [2.75, 3.05) is 19.6 Å². The highest BCUT2D eigenvalue weighted by Gasteiger charge is 2.12. The number of halogens is 2. The van der Waals surface area contributed by atoms with E-state index in [-0.39, 0.29) is 5.02 Å². The molecule has 0 amide bonds.